The number of carbonyl (C=O) groups is 2. The van der Waals surface area contributed by atoms with Gasteiger partial charge in [0, 0.05) is 7.05 Å². The van der Waals surface area contributed by atoms with Gasteiger partial charge in [-0.3, -0.25) is 9.59 Å². The highest BCUT2D eigenvalue weighted by Crippen LogP contribution is 2.43. The van der Waals surface area contributed by atoms with Crippen molar-refractivity contribution in [3.8, 4) is 0 Å². The predicted octanol–water partition coefficient (Wildman–Crippen LogP) is 1.16. The molecule has 0 spiro atoms. The Morgan fingerprint density at radius 3 is 2.24 bits per heavy atom. The van der Waals surface area contributed by atoms with E-state index in [2.05, 4.69) is 5.32 Å². The van der Waals surface area contributed by atoms with Gasteiger partial charge < -0.3 is 10.2 Å². The zero-order valence-corrected chi connectivity index (χ0v) is 11.3. The highest BCUT2D eigenvalue weighted by molar-refractivity contribution is 6.00. The molecule has 1 heterocycles. The van der Waals surface area contributed by atoms with Crippen molar-refractivity contribution in [1.29, 1.82) is 0 Å². The van der Waals surface area contributed by atoms with Crippen molar-refractivity contribution in [3.63, 3.8) is 0 Å². The molecule has 0 aromatic heterocycles. The summed E-state index contributed by atoms with van der Waals surface area (Å²) in [5.74, 6) is 0.357. The Kier molecular flexibility index (Phi) is 2.53. The molecule has 2 amide bonds. The zero-order chi connectivity index (χ0) is 13.0. The van der Waals surface area contributed by atoms with Crippen molar-refractivity contribution in [2.24, 2.45) is 11.3 Å². The second kappa shape index (κ2) is 3.47. The van der Waals surface area contributed by atoms with Crippen LogP contribution in [0.2, 0.25) is 0 Å². The predicted molar refractivity (Wildman–Crippen MR) is 65.3 cm³/mol. The largest absolute Gasteiger partial charge is 0.340 e. The lowest BCUT2D eigenvalue weighted by Gasteiger charge is -2.47. The maximum atomic E-state index is 12.4. The van der Waals surface area contributed by atoms with E-state index < -0.39 is 5.54 Å². The average molecular weight is 238 g/mol. The molecule has 4 nitrogen and oxygen atoms in total. The van der Waals surface area contributed by atoms with Gasteiger partial charge in [0.15, 0.2) is 0 Å². The van der Waals surface area contributed by atoms with E-state index in [0.29, 0.717) is 5.92 Å². The molecule has 1 aliphatic carbocycles. The van der Waals surface area contributed by atoms with Gasteiger partial charge in [0.25, 0.3) is 0 Å². The van der Waals surface area contributed by atoms with Gasteiger partial charge in [-0.25, -0.2) is 0 Å². The van der Waals surface area contributed by atoms with Crippen LogP contribution in [0.1, 0.15) is 40.5 Å². The first-order valence-corrected chi connectivity index (χ1v) is 6.27. The molecule has 2 rings (SSSR count). The summed E-state index contributed by atoms with van der Waals surface area (Å²) in [6.45, 7) is 7.82. The minimum absolute atomic E-state index is 0.0194. The van der Waals surface area contributed by atoms with E-state index in [1.54, 1.807) is 11.9 Å². The van der Waals surface area contributed by atoms with Crippen LogP contribution in [0.4, 0.5) is 0 Å². The van der Waals surface area contributed by atoms with Crippen LogP contribution in [0.5, 0.6) is 0 Å². The van der Waals surface area contributed by atoms with Crippen LogP contribution < -0.4 is 5.32 Å². The Balaban J connectivity index is 2.30. The summed E-state index contributed by atoms with van der Waals surface area (Å²) in [6.07, 6.45) is 2.08. The Morgan fingerprint density at radius 2 is 1.82 bits per heavy atom. The van der Waals surface area contributed by atoms with E-state index >= 15 is 0 Å². The fourth-order valence-electron chi connectivity index (χ4n) is 2.95. The maximum Gasteiger partial charge on any atom is 0.248 e. The zero-order valence-electron chi connectivity index (χ0n) is 11.3. The third-order valence-electron chi connectivity index (χ3n) is 4.00. The molecule has 2 atom stereocenters. The lowest BCUT2D eigenvalue weighted by atomic mass is 9.80. The molecule has 1 saturated carbocycles. The quantitative estimate of drug-likeness (QED) is 0.745. The van der Waals surface area contributed by atoms with Crippen molar-refractivity contribution < 1.29 is 9.59 Å². The average Bonchev–Trinajstić information content (AvgIpc) is 2.94. The molecule has 1 saturated heterocycles. The molecular formula is C13H22N2O2. The van der Waals surface area contributed by atoms with Gasteiger partial charge in [0.1, 0.15) is 11.6 Å². The summed E-state index contributed by atoms with van der Waals surface area (Å²) in [4.78, 5) is 26.3. The molecule has 0 radical (unpaired) electrons. The van der Waals surface area contributed by atoms with E-state index in [9.17, 15) is 9.59 Å². The normalized spacial score (nSPS) is 34.9. The number of carbonyl (C=O) groups excluding carboxylic acids is 2. The summed E-state index contributed by atoms with van der Waals surface area (Å²) in [6, 6.07) is -0.373. The smallest absolute Gasteiger partial charge is 0.248 e. The molecule has 2 fully saturated rings. The van der Waals surface area contributed by atoms with Gasteiger partial charge in [-0.15, -0.1) is 0 Å². The molecule has 1 aliphatic heterocycles. The number of likely N-dealkylation sites (N-methyl/N-ethyl adjacent to an activating group) is 1. The van der Waals surface area contributed by atoms with Crippen LogP contribution in [-0.4, -0.2) is 35.3 Å². The topological polar surface area (TPSA) is 49.4 Å². The highest BCUT2D eigenvalue weighted by atomic mass is 16.2. The minimum atomic E-state index is -0.673. The lowest BCUT2D eigenvalue weighted by molar-refractivity contribution is -0.157. The first-order chi connectivity index (χ1) is 7.68. The van der Waals surface area contributed by atoms with Crippen LogP contribution in [0.15, 0.2) is 0 Å². The number of nitrogens with zero attached hydrogens (tertiary/aromatic N) is 1. The summed E-state index contributed by atoms with van der Waals surface area (Å²) >= 11 is 0. The second-order valence-electron chi connectivity index (χ2n) is 6.65. The van der Waals surface area contributed by atoms with E-state index in [1.165, 1.54) is 0 Å². The maximum absolute atomic E-state index is 12.4. The van der Waals surface area contributed by atoms with Crippen LogP contribution in [-0.2, 0) is 9.59 Å². The molecule has 96 valence electrons. The monoisotopic (exact) mass is 238 g/mol. The van der Waals surface area contributed by atoms with Crippen LogP contribution in [0.3, 0.4) is 0 Å². The SMILES string of the molecule is CN1C(=O)C(C)(C2CC2)NC(=O)C1C(C)(C)C. The van der Waals surface area contributed by atoms with Crippen molar-refractivity contribution in [1.82, 2.24) is 10.2 Å². The number of hydrogen-bond acceptors (Lipinski definition) is 2. The molecule has 2 unspecified atom stereocenters. The van der Waals surface area contributed by atoms with E-state index in [1.807, 2.05) is 27.7 Å². The molecule has 17 heavy (non-hydrogen) atoms. The molecule has 0 aromatic carbocycles. The second-order valence-corrected chi connectivity index (χ2v) is 6.65. The first-order valence-electron chi connectivity index (χ1n) is 6.27. The van der Waals surface area contributed by atoms with Crippen LogP contribution >= 0.6 is 0 Å². The lowest BCUT2D eigenvalue weighted by Crippen LogP contribution is -2.71. The third-order valence-corrected chi connectivity index (χ3v) is 4.00. The van der Waals surface area contributed by atoms with Crippen molar-refractivity contribution >= 4 is 11.8 Å². The fourth-order valence-corrected chi connectivity index (χ4v) is 2.95. The number of amides is 2. The number of piperazine rings is 1. The highest BCUT2D eigenvalue weighted by Gasteiger charge is 2.56. The third kappa shape index (κ3) is 1.83. The van der Waals surface area contributed by atoms with Gasteiger partial charge in [0.2, 0.25) is 11.8 Å². The summed E-state index contributed by atoms with van der Waals surface area (Å²) in [5.41, 5.74) is -0.910. The molecule has 2 aliphatic rings. The van der Waals surface area contributed by atoms with Crippen LogP contribution in [0, 0.1) is 11.3 Å². The molecule has 0 bridgehead atoms. The summed E-state index contributed by atoms with van der Waals surface area (Å²) in [7, 11) is 1.75. The van der Waals surface area contributed by atoms with E-state index in [4.69, 9.17) is 0 Å². The Bertz CT molecular complexity index is 368. The minimum Gasteiger partial charge on any atom is -0.340 e. The molecule has 0 aromatic rings. The Morgan fingerprint density at radius 1 is 1.29 bits per heavy atom. The van der Waals surface area contributed by atoms with Crippen molar-refractivity contribution in [2.75, 3.05) is 7.05 Å². The number of nitrogens with one attached hydrogen (secondary N) is 1. The Labute approximate surface area is 103 Å². The summed E-state index contributed by atoms with van der Waals surface area (Å²) < 4.78 is 0. The number of rotatable bonds is 1. The Hall–Kier alpha value is -1.06. The van der Waals surface area contributed by atoms with Crippen LogP contribution in [0.25, 0.3) is 0 Å². The van der Waals surface area contributed by atoms with Gasteiger partial charge in [-0.2, -0.15) is 0 Å². The van der Waals surface area contributed by atoms with Gasteiger partial charge >= 0.3 is 0 Å². The van der Waals surface area contributed by atoms with Gasteiger partial charge in [0.05, 0.1) is 0 Å². The van der Waals surface area contributed by atoms with E-state index in [-0.39, 0.29) is 23.3 Å². The van der Waals surface area contributed by atoms with Gasteiger partial charge in [-0.1, -0.05) is 20.8 Å². The van der Waals surface area contributed by atoms with Crippen molar-refractivity contribution in [3.05, 3.63) is 0 Å². The molecular weight excluding hydrogens is 216 g/mol. The van der Waals surface area contributed by atoms with Gasteiger partial charge in [-0.05, 0) is 31.1 Å². The summed E-state index contributed by atoms with van der Waals surface area (Å²) in [5, 5.41) is 2.96. The molecule has 1 N–H and O–H groups in total. The molecule has 4 heteroatoms. The van der Waals surface area contributed by atoms with E-state index in [0.717, 1.165) is 12.8 Å². The van der Waals surface area contributed by atoms with Crippen molar-refractivity contribution in [2.45, 2.75) is 52.1 Å². The standard InChI is InChI=1S/C13H22N2O2/c1-12(2,3)9-10(16)14-13(4,8-6-7-8)11(17)15(9)5/h8-9H,6-7H2,1-5H3,(H,14,16). The first kappa shape index (κ1) is 12.4. The number of hydrogen-bond donors (Lipinski definition) is 1. The fraction of sp³-hybridized carbons (Fsp3) is 0.846.